The van der Waals surface area contributed by atoms with Gasteiger partial charge < -0.3 is 4.90 Å². The van der Waals surface area contributed by atoms with Crippen LogP contribution in [0, 0.1) is 0 Å². The monoisotopic (exact) mass is 301 g/mol. The second-order valence-corrected chi connectivity index (χ2v) is 4.91. The van der Waals surface area contributed by atoms with E-state index in [1.165, 1.54) is 6.20 Å². The first-order valence-electron chi connectivity index (χ1n) is 5.20. The fraction of sp³-hybridized carbons (Fsp3) is 0.167. The fourth-order valence-corrected chi connectivity index (χ4v) is 2.12. The Morgan fingerprint density at radius 2 is 1.83 bits per heavy atom. The number of halogens is 3. The van der Waals surface area contributed by atoms with Crippen molar-refractivity contribution in [2.45, 2.75) is 6.54 Å². The van der Waals surface area contributed by atoms with Crippen LogP contribution in [0.15, 0.2) is 30.5 Å². The van der Waals surface area contributed by atoms with Crippen LogP contribution in [0.2, 0.25) is 15.3 Å². The first-order chi connectivity index (χ1) is 8.58. The second-order valence-electron chi connectivity index (χ2n) is 3.76. The Morgan fingerprint density at radius 1 is 1.11 bits per heavy atom. The van der Waals surface area contributed by atoms with Crippen molar-refractivity contribution >= 4 is 40.6 Å². The number of aromatic nitrogens is 2. The predicted molar refractivity (Wildman–Crippen MR) is 75.6 cm³/mol. The van der Waals surface area contributed by atoms with Crippen LogP contribution in [0.4, 0.5) is 5.82 Å². The zero-order chi connectivity index (χ0) is 13.1. The summed E-state index contributed by atoms with van der Waals surface area (Å²) in [6, 6.07) is 7.62. The van der Waals surface area contributed by atoms with E-state index >= 15 is 0 Å². The summed E-state index contributed by atoms with van der Waals surface area (Å²) in [6.07, 6.45) is 1.48. The van der Waals surface area contributed by atoms with E-state index in [-0.39, 0.29) is 5.28 Å². The van der Waals surface area contributed by atoms with E-state index in [0.29, 0.717) is 22.4 Å². The van der Waals surface area contributed by atoms with E-state index in [4.69, 9.17) is 34.8 Å². The SMILES string of the molecule is CN(Cc1ccccc1Cl)c1nc(Cl)ncc1Cl. The van der Waals surface area contributed by atoms with Gasteiger partial charge in [0.15, 0.2) is 5.82 Å². The molecule has 0 aliphatic heterocycles. The molecule has 2 aromatic rings. The molecule has 0 saturated heterocycles. The molecule has 1 aromatic heterocycles. The lowest BCUT2D eigenvalue weighted by molar-refractivity contribution is 0.891. The smallest absolute Gasteiger partial charge is 0.224 e. The summed E-state index contributed by atoms with van der Waals surface area (Å²) in [6.45, 7) is 0.590. The molecule has 0 radical (unpaired) electrons. The van der Waals surface area contributed by atoms with Crippen LogP contribution < -0.4 is 4.90 Å². The summed E-state index contributed by atoms with van der Waals surface area (Å²) >= 11 is 17.9. The Labute approximate surface area is 120 Å². The third-order valence-corrected chi connectivity index (χ3v) is 3.24. The van der Waals surface area contributed by atoms with Gasteiger partial charge in [-0.1, -0.05) is 41.4 Å². The minimum absolute atomic E-state index is 0.167. The van der Waals surface area contributed by atoms with E-state index < -0.39 is 0 Å². The van der Waals surface area contributed by atoms with E-state index in [2.05, 4.69) is 9.97 Å². The number of hydrogen-bond donors (Lipinski definition) is 0. The van der Waals surface area contributed by atoms with Crippen molar-refractivity contribution < 1.29 is 0 Å². The van der Waals surface area contributed by atoms with Crippen LogP contribution in [0.1, 0.15) is 5.56 Å². The lowest BCUT2D eigenvalue weighted by Crippen LogP contribution is -2.18. The molecule has 0 unspecified atom stereocenters. The molecular weight excluding hydrogens is 293 g/mol. The molecule has 0 fully saturated rings. The summed E-state index contributed by atoms with van der Waals surface area (Å²) in [5.41, 5.74) is 0.993. The van der Waals surface area contributed by atoms with E-state index in [0.717, 1.165) is 5.56 Å². The third-order valence-electron chi connectivity index (χ3n) is 2.42. The van der Waals surface area contributed by atoms with Crippen LogP contribution in [0.25, 0.3) is 0 Å². The van der Waals surface area contributed by atoms with E-state index in [9.17, 15) is 0 Å². The Balaban J connectivity index is 2.25. The molecule has 0 saturated carbocycles. The van der Waals surface area contributed by atoms with E-state index in [1.54, 1.807) is 0 Å². The Bertz CT molecular complexity index is 560. The summed E-state index contributed by atoms with van der Waals surface area (Å²) in [7, 11) is 1.87. The molecule has 18 heavy (non-hydrogen) atoms. The number of benzene rings is 1. The van der Waals surface area contributed by atoms with Crippen molar-refractivity contribution in [3.05, 3.63) is 51.4 Å². The molecule has 0 spiro atoms. The quantitative estimate of drug-likeness (QED) is 0.800. The Kier molecular flexibility index (Phi) is 4.27. The highest BCUT2D eigenvalue weighted by Gasteiger charge is 2.11. The van der Waals surface area contributed by atoms with Gasteiger partial charge in [0, 0.05) is 18.6 Å². The maximum absolute atomic E-state index is 6.11. The number of rotatable bonds is 3. The van der Waals surface area contributed by atoms with Crippen LogP contribution in [-0.2, 0) is 6.54 Å². The number of anilines is 1. The standard InChI is InChI=1S/C12H10Cl3N3/c1-18(7-8-4-2-3-5-9(8)13)11-10(14)6-16-12(15)17-11/h2-6H,7H2,1H3. The maximum atomic E-state index is 6.11. The summed E-state index contributed by atoms with van der Waals surface area (Å²) in [5.74, 6) is 0.580. The average Bonchev–Trinajstić information content (AvgIpc) is 2.35. The molecule has 0 N–H and O–H groups in total. The van der Waals surface area contributed by atoms with E-state index in [1.807, 2.05) is 36.2 Å². The minimum Gasteiger partial charge on any atom is -0.354 e. The summed E-state index contributed by atoms with van der Waals surface area (Å²) < 4.78 is 0. The van der Waals surface area contributed by atoms with Gasteiger partial charge in [-0.25, -0.2) is 4.98 Å². The number of nitrogens with zero attached hydrogens (tertiary/aromatic N) is 3. The normalized spacial score (nSPS) is 10.4. The molecule has 0 bridgehead atoms. The molecule has 94 valence electrons. The number of hydrogen-bond acceptors (Lipinski definition) is 3. The minimum atomic E-state index is 0.167. The first kappa shape index (κ1) is 13.4. The van der Waals surface area contributed by atoms with Gasteiger partial charge in [-0.05, 0) is 23.2 Å². The average molecular weight is 303 g/mol. The summed E-state index contributed by atoms with van der Waals surface area (Å²) in [4.78, 5) is 9.79. The van der Waals surface area contributed by atoms with Crippen LogP contribution in [0.3, 0.4) is 0 Å². The van der Waals surface area contributed by atoms with Gasteiger partial charge in [0.1, 0.15) is 5.02 Å². The highest BCUT2D eigenvalue weighted by molar-refractivity contribution is 6.33. The van der Waals surface area contributed by atoms with Crippen molar-refractivity contribution in [1.29, 1.82) is 0 Å². The molecule has 1 heterocycles. The molecule has 0 atom stereocenters. The van der Waals surface area contributed by atoms with Crippen LogP contribution >= 0.6 is 34.8 Å². The van der Waals surface area contributed by atoms with Gasteiger partial charge >= 0.3 is 0 Å². The molecule has 0 aliphatic rings. The van der Waals surface area contributed by atoms with Crippen molar-refractivity contribution in [3.8, 4) is 0 Å². The highest BCUT2D eigenvalue weighted by Crippen LogP contribution is 2.25. The Morgan fingerprint density at radius 3 is 2.56 bits per heavy atom. The van der Waals surface area contributed by atoms with Crippen LogP contribution in [-0.4, -0.2) is 17.0 Å². The van der Waals surface area contributed by atoms with Gasteiger partial charge in [0.25, 0.3) is 0 Å². The largest absolute Gasteiger partial charge is 0.354 e. The molecule has 0 aliphatic carbocycles. The topological polar surface area (TPSA) is 29.0 Å². The van der Waals surface area contributed by atoms with Crippen molar-refractivity contribution in [2.24, 2.45) is 0 Å². The van der Waals surface area contributed by atoms with Gasteiger partial charge in [0.05, 0.1) is 6.20 Å². The molecule has 0 amide bonds. The van der Waals surface area contributed by atoms with Crippen LogP contribution in [0.5, 0.6) is 0 Å². The fourth-order valence-electron chi connectivity index (χ4n) is 1.56. The maximum Gasteiger partial charge on any atom is 0.224 e. The third kappa shape index (κ3) is 3.05. The van der Waals surface area contributed by atoms with Gasteiger partial charge in [-0.2, -0.15) is 4.98 Å². The first-order valence-corrected chi connectivity index (χ1v) is 6.34. The summed E-state index contributed by atoms with van der Waals surface area (Å²) in [5, 5.41) is 1.33. The molecule has 3 nitrogen and oxygen atoms in total. The zero-order valence-electron chi connectivity index (χ0n) is 9.57. The zero-order valence-corrected chi connectivity index (χ0v) is 11.8. The van der Waals surface area contributed by atoms with Gasteiger partial charge in [-0.3, -0.25) is 0 Å². The lowest BCUT2D eigenvalue weighted by atomic mass is 10.2. The molecular formula is C12H10Cl3N3. The van der Waals surface area contributed by atoms with Gasteiger partial charge in [-0.15, -0.1) is 0 Å². The Hall–Kier alpha value is -1.03. The van der Waals surface area contributed by atoms with Crippen molar-refractivity contribution in [1.82, 2.24) is 9.97 Å². The lowest BCUT2D eigenvalue weighted by Gasteiger charge is -2.19. The molecule has 6 heteroatoms. The van der Waals surface area contributed by atoms with Crippen molar-refractivity contribution in [2.75, 3.05) is 11.9 Å². The second kappa shape index (κ2) is 5.74. The highest BCUT2D eigenvalue weighted by atomic mass is 35.5. The van der Waals surface area contributed by atoms with Crippen molar-refractivity contribution in [3.63, 3.8) is 0 Å². The molecule has 1 aromatic carbocycles. The van der Waals surface area contributed by atoms with Gasteiger partial charge in [0.2, 0.25) is 5.28 Å². The predicted octanol–water partition coefficient (Wildman–Crippen LogP) is 4.07. The molecule has 2 rings (SSSR count).